The fourth-order valence-corrected chi connectivity index (χ4v) is 1.49. The Morgan fingerprint density at radius 2 is 2.00 bits per heavy atom. The molecule has 1 aromatic heterocycles. The third kappa shape index (κ3) is 2.68. The fourth-order valence-electron chi connectivity index (χ4n) is 1.36. The molecule has 0 aliphatic heterocycles. The van der Waals surface area contributed by atoms with E-state index in [0.717, 1.165) is 18.2 Å². The lowest BCUT2D eigenvalue weighted by Gasteiger charge is -2.05. The largest absolute Gasteiger partial charge is 0.295 e. The quantitative estimate of drug-likeness (QED) is 0.773. The van der Waals surface area contributed by atoms with Crippen LogP contribution in [0.3, 0.4) is 0 Å². The van der Waals surface area contributed by atoms with Crippen molar-refractivity contribution in [3.8, 4) is 0 Å². The molecule has 0 N–H and O–H groups in total. The number of hydrogen-bond acceptors (Lipinski definition) is 2. The molecule has 0 saturated heterocycles. The van der Waals surface area contributed by atoms with Crippen LogP contribution in [0.5, 0.6) is 0 Å². The highest BCUT2D eigenvalue weighted by atomic mass is 35.5. The molecular formula is C11H7ClF2N2O. The summed E-state index contributed by atoms with van der Waals surface area (Å²) in [6, 6.07) is 4.61. The number of aromatic nitrogens is 2. The molecule has 1 aromatic carbocycles. The molecule has 0 spiro atoms. The van der Waals surface area contributed by atoms with Crippen LogP contribution in [-0.2, 0) is 6.54 Å². The van der Waals surface area contributed by atoms with Crippen molar-refractivity contribution in [2.75, 3.05) is 0 Å². The van der Waals surface area contributed by atoms with Crippen molar-refractivity contribution in [2.45, 2.75) is 6.54 Å². The van der Waals surface area contributed by atoms with E-state index in [9.17, 15) is 13.6 Å². The van der Waals surface area contributed by atoms with Crippen LogP contribution in [-0.4, -0.2) is 9.55 Å². The van der Waals surface area contributed by atoms with Gasteiger partial charge in [0.25, 0.3) is 5.56 Å². The number of benzene rings is 1. The molecule has 2 rings (SSSR count). The van der Waals surface area contributed by atoms with Crippen molar-refractivity contribution in [3.05, 3.63) is 63.3 Å². The summed E-state index contributed by atoms with van der Waals surface area (Å²) in [7, 11) is 0. The normalized spacial score (nSPS) is 10.5. The molecule has 0 bridgehead atoms. The van der Waals surface area contributed by atoms with Crippen LogP contribution in [0.1, 0.15) is 5.56 Å². The molecule has 88 valence electrons. The zero-order valence-corrected chi connectivity index (χ0v) is 9.29. The first-order valence-corrected chi connectivity index (χ1v) is 5.10. The van der Waals surface area contributed by atoms with Crippen LogP contribution in [0.15, 0.2) is 35.4 Å². The van der Waals surface area contributed by atoms with Gasteiger partial charge in [-0.25, -0.2) is 13.8 Å². The fraction of sp³-hybridized carbons (Fsp3) is 0.0909. The maximum absolute atomic E-state index is 12.9. The van der Waals surface area contributed by atoms with Gasteiger partial charge in [-0.15, -0.1) is 0 Å². The summed E-state index contributed by atoms with van der Waals surface area (Å²) in [6.45, 7) is 0.111. The summed E-state index contributed by atoms with van der Waals surface area (Å²) in [5, 5.41) is 0.0940. The van der Waals surface area contributed by atoms with Crippen LogP contribution in [0, 0.1) is 11.6 Å². The van der Waals surface area contributed by atoms with Crippen LogP contribution in [0.4, 0.5) is 8.78 Å². The summed E-state index contributed by atoms with van der Waals surface area (Å²) >= 11 is 5.53. The zero-order chi connectivity index (χ0) is 12.4. The van der Waals surface area contributed by atoms with Crippen LogP contribution in [0.2, 0.25) is 5.15 Å². The Morgan fingerprint density at radius 3 is 2.65 bits per heavy atom. The average Bonchev–Trinajstić information content (AvgIpc) is 2.27. The first-order valence-electron chi connectivity index (χ1n) is 4.72. The smallest absolute Gasteiger partial charge is 0.255 e. The molecule has 0 atom stereocenters. The van der Waals surface area contributed by atoms with Gasteiger partial charge >= 0.3 is 0 Å². The number of hydrogen-bond donors (Lipinski definition) is 0. The predicted molar refractivity (Wildman–Crippen MR) is 59.0 cm³/mol. The second-order valence-electron chi connectivity index (χ2n) is 3.43. The van der Waals surface area contributed by atoms with E-state index < -0.39 is 11.6 Å². The van der Waals surface area contributed by atoms with Gasteiger partial charge in [-0.1, -0.05) is 17.7 Å². The maximum Gasteiger partial charge on any atom is 0.255 e. The molecule has 0 aliphatic rings. The highest BCUT2D eigenvalue weighted by Crippen LogP contribution is 2.09. The molecule has 17 heavy (non-hydrogen) atoms. The summed E-state index contributed by atoms with van der Waals surface area (Å²) in [6.07, 6.45) is 1.26. The van der Waals surface area contributed by atoms with E-state index in [1.807, 2.05) is 0 Å². The molecule has 2 aromatic rings. The van der Waals surface area contributed by atoms with Crippen molar-refractivity contribution < 1.29 is 8.78 Å². The lowest BCUT2D eigenvalue weighted by molar-refractivity contribution is 0.506. The summed E-state index contributed by atoms with van der Waals surface area (Å²) < 4.78 is 26.9. The Hall–Kier alpha value is -1.75. The van der Waals surface area contributed by atoms with Gasteiger partial charge in [-0.05, 0) is 17.7 Å². The van der Waals surface area contributed by atoms with E-state index in [4.69, 9.17) is 11.6 Å². The molecule has 6 heteroatoms. The third-order valence-corrected chi connectivity index (χ3v) is 2.39. The van der Waals surface area contributed by atoms with E-state index in [0.29, 0.717) is 5.56 Å². The monoisotopic (exact) mass is 256 g/mol. The van der Waals surface area contributed by atoms with Crippen molar-refractivity contribution in [1.82, 2.24) is 9.55 Å². The molecule has 0 amide bonds. The van der Waals surface area contributed by atoms with E-state index in [2.05, 4.69) is 4.98 Å². The third-order valence-electron chi connectivity index (χ3n) is 2.18. The summed E-state index contributed by atoms with van der Waals surface area (Å²) in [5.41, 5.74) is 0.116. The Morgan fingerprint density at radius 1 is 1.24 bits per heavy atom. The summed E-state index contributed by atoms with van der Waals surface area (Å²) in [5.74, 6) is -1.87. The predicted octanol–water partition coefficient (Wildman–Crippen LogP) is 2.22. The van der Waals surface area contributed by atoms with Crippen molar-refractivity contribution in [3.63, 3.8) is 0 Å². The molecule has 1 heterocycles. The van der Waals surface area contributed by atoms with Crippen molar-refractivity contribution in [1.29, 1.82) is 0 Å². The molecular weight excluding hydrogens is 250 g/mol. The van der Waals surface area contributed by atoms with E-state index in [1.165, 1.54) is 17.0 Å². The van der Waals surface area contributed by atoms with Crippen molar-refractivity contribution in [2.24, 2.45) is 0 Å². The van der Waals surface area contributed by atoms with E-state index in [1.54, 1.807) is 0 Å². The topological polar surface area (TPSA) is 34.9 Å². The summed E-state index contributed by atoms with van der Waals surface area (Å²) in [4.78, 5) is 15.2. The first-order chi connectivity index (χ1) is 8.06. The average molecular weight is 257 g/mol. The standard InChI is InChI=1S/C11H7ClF2N2O/c12-10-4-11(17)16(6-15-10)5-7-1-2-8(13)9(14)3-7/h1-4,6H,5H2. The second-order valence-corrected chi connectivity index (χ2v) is 3.81. The lowest BCUT2D eigenvalue weighted by atomic mass is 10.2. The molecule has 0 aliphatic carbocycles. The SMILES string of the molecule is O=c1cc(Cl)ncn1Cc1ccc(F)c(F)c1. The van der Waals surface area contributed by atoms with Gasteiger partial charge in [0.15, 0.2) is 11.6 Å². The minimum atomic E-state index is -0.947. The Bertz CT molecular complexity index is 613. The molecule has 0 saturated carbocycles. The molecule has 3 nitrogen and oxygen atoms in total. The van der Waals surface area contributed by atoms with Gasteiger partial charge < -0.3 is 0 Å². The number of nitrogens with zero attached hydrogens (tertiary/aromatic N) is 2. The zero-order valence-electron chi connectivity index (χ0n) is 8.53. The highest BCUT2D eigenvalue weighted by molar-refractivity contribution is 6.29. The van der Waals surface area contributed by atoms with Crippen molar-refractivity contribution >= 4 is 11.6 Å². The van der Waals surface area contributed by atoms with Gasteiger partial charge in [-0.2, -0.15) is 0 Å². The number of rotatable bonds is 2. The van der Waals surface area contributed by atoms with Gasteiger partial charge in [0.1, 0.15) is 5.15 Å². The van der Waals surface area contributed by atoms with Gasteiger partial charge in [0.05, 0.1) is 12.9 Å². The first kappa shape index (κ1) is 11.7. The minimum Gasteiger partial charge on any atom is -0.295 e. The van der Waals surface area contributed by atoms with Gasteiger partial charge in [0.2, 0.25) is 0 Å². The highest BCUT2D eigenvalue weighted by Gasteiger charge is 2.04. The molecule has 0 fully saturated rings. The molecule has 0 radical (unpaired) electrons. The maximum atomic E-state index is 12.9. The number of halogens is 3. The van der Waals surface area contributed by atoms with E-state index in [-0.39, 0.29) is 17.3 Å². The Balaban J connectivity index is 2.31. The second kappa shape index (κ2) is 4.63. The van der Waals surface area contributed by atoms with Gasteiger partial charge in [0, 0.05) is 6.07 Å². The van der Waals surface area contributed by atoms with Crippen LogP contribution >= 0.6 is 11.6 Å². The van der Waals surface area contributed by atoms with Crippen LogP contribution in [0.25, 0.3) is 0 Å². The Labute approximate surface area is 100 Å². The van der Waals surface area contributed by atoms with Crippen LogP contribution < -0.4 is 5.56 Å². The molecule has 0 unspecified atom stereocenters. The minimum absolute atomic E-state index is 0.0940. The Kier molecular flexibility index (Phi) is 3.19. The van der Waals surface area contributed by atoms with Gasteiger partial charge in [-0.3, -0.25) is 9.36 Å². The lowest BCUT2D eigenvalue weighted by Crippen LogP contribution is -2.19. The van der Waals surface area contributed by atoms with E-state index >= 15 is 0 Å².